The lowest BCUT2D eigenvalue weighted by atomic mass is 9.65. The number of rotatable bonds is 4. The number of alkyl halides is 1. The van der Waals surface area contributed by atoms with Crippen LogP contribution in [0, 0.1) is 11.3 Å². The Morgan fingerprint density at radius 3 is 2.29 bits per heavy atom. The Kier molecular flexibility index (Phi) is 4.18. The number of carboxylic acids is 1. The lowest BCUT2D eigenvalue weighted by Crippen LogP contribution is -2.48. The molecule has 0 aromatic rings. The van der Waals surface area contributed by atoms with Crippen molar-refractivity contribution in [2.75, 3.05) is 0 Å². The Morgan fingerprint density at radius 2 is 1.94 bits per heavy atom. The topological polar surface area (TPSA) is 57.5 Å². The molecule has 0 spiro atoms. The summed E-state index contributed by atoms with van der Waals surface area (Å²) in [5, 5.41) is 18.6. The van der Waals surface area contributed by atoms with E-state index in [0.29, 0.717) is 18.8 Å². The van der Waals surface area contributed by atoms with Gasteiger partial charge in [-0.15, -0.1) is 0 Å². The highest BCUT2D eigenvalue weighted by atomic mass is 19.1. The van der Waals surface area contributed by atoms with Gasteiger partial charge in [-0.1, -0.05) is 27.2 Å². The third-order valence-corrected chi connectivity index (χ3v) is 4.56. The van der Waals surface area contributed by atoms with E-state index < -0.39 is 17.7 Å². The summed E-state index contributed by atoms with van der Waals surface area (Å²) in [4.78, 5) is 10.6. The molecule has 1 unspecified atom stereocenters. The van der Waals surface area contributed by atoms with E-state index in [-0.39, 0.29) is 18.3 Å². The van der Waals surface area contributed by atoms with Crippen LogP contribution in [0.1, 0.15) is 52.9 Å². The van der Waals surface area contributed by atoms with Crippen molar-refractivity contribution >= 4 is 5.97 Å². The van der Waals surface area contributed by atoms with Gasteiger partial charge in [-0.05, 0) is 37.0 Å². The molecule has 3 nitrogen and oxygen atoms in total. The molecule has 0 bridgehead atoms. The first-order chi connectivity index (χ1) is 7.73. The van der Waals surface area contributed by atoms with Gasteiger partial charge in [0.1, 0.15) is 5.60 Å². The average Bonchev–Trinajstić information content (AvgIpc) is 2.28. The average molecular weight is 246 g/mol. The van der Waals surface area contributed by atoms with Crippen molar-refractivity contribution in [1.29, 1.82) is 0 Å². The molecular formula is C13H23FO3. The molecule has 1 aliphatic rings. The van der Waals surface area contributed by atoms with Gasteiger partial charge in [0.15, 0.2) is 0 Å². The molecule has 1 saturated carbocycles. The number of hydrogen-bond donors (Lipinski definition) is 2. The molecule has 0 aromatic carbocycles. The van der Waals surface area contributed by atoms with Crippen molar-refractivity contribution in [3.05, 3.63) is 0 Å². The summed E-state index contributed by atoms with van der Waals surface area (Å²) >= 11 is 0. The second-order valence-corrected chi connectivity index (χ2v) is 5.92. The summed E-state index contributed by atoms with van der Waals surface area (Å²) in [6, 6.07) is 0. The summed E-state index contributed by atoms with van der Waals surface area (Å²) < 4.78 is 13.5. The quantitative estimate of drug-likeness (QED) is 0.802. The predicted molar refractivity (Wildman–Crippen MR) is 63.5 cm³/mol. The van der Waals surface area contributed by atoms with Gasteiger partial charge in [-0.3, -0.25) is 0 Å². The fraction of sp³-hybridized carbons (Fsp3) is 0.923. The molecule has 0 saturated heterocycles. The third kappa shape index (κ3) is 2.97. The van der Waals surface area contributed by atoms with Crippen LogP contribution in [0.3, 0.4) is 0 Å². The van der Waals surface area contributed by atoms with Gasteiger partial charge in [0.05, 0.1) is 0 Å². The first kappa shape index (κ1) is 14.4. The Balaban J connectivity index is 2.64. The van der Waals surface area contributed by atoms with Crippen molar-refractivity contribution in [3.8, 4) is 0 Å². The molecule has 100 valence electrons. The minimum Gasteiger partial charge on any atom is -0.479 e. The zero-order valence-corrected chi connectivity index (χ0v) is 10.9. The molecule has 17 heavy (non-hydrogen) atoms. The second kappa shape index (κ2) is 4.92. The lowest BCUT2D eigenvalue weighted by molar-refractivity contribution is -0.159. The highest BCUT2D eigenvalue weighted by Gasteiger charge is 2.46. The molecule has 1 aliphatic carbocycles. The van der Waals surface area contributed by atoms with Crippen molar-refractivity contribution in [1.82, 2.24) is 0 Å². The van der Waals surface area contributed by atoms with Crippen LogP contribution in [0.2, 0.25) is 0 Å². The number of carbonyl (C=O) groups is 1. The van der Waals surface area contributed by atoms with E-state index in [1.54, 1.807) is 0 Å². The Labute approximate surface area is 102 Å². The van der Waals surface area contributed by atoms with Crippen LogP contribution in [0.4, 0.5) is 4.39 Å². The van der Waals surface area contributed by atoms with Gasteiger partial charge in [0, 0.05) is 0 Å². The van der Waals surface area contributed by atoms with Crippen LogP contribution in [0.5, 0.6) is 0 Å². The maximum Gasteiger partial charge on any atom is 0.341 e. The molecule has 1 rings (SSSR count). The summed E-state index contributed by atoms with van der Waals surface area (Å²) in [5.74, 6) is -1.12. The number of halogens is 1. The van der Waals surface area contributed by atoms with E-state index in [4.69, 9.17) is 5.11 Å². The molecule has 1 fully saturated rings. The first-order valence-corrected chi connectivity index (χ1v) is 6.32. The van der Waals surface area contributed by atoms with Crippen molar-refractivity contribution in [2.24, 2.45) is 11.3 Å². The minimum atomic E-state index is -2.16. The molecule has 0 aromatic heterocycles. The number of aliphatic carboxylic acids is 1. The Hall–Kier alpha value is -0.640. The smallest absolute Gasteiger partial charge is 0.341 e. The highest BCUT2D eigenvalue weighted by Crippen LogP contribution is 2.44. The van der Waals surface area contributed by atoms with E-state index in [2.05, 4.69) is 20.8 Å². The fourth-order valence-corrected chi connectivity index (χ4v) is 2.67. The van der Waals surface area contributed by atoms with E-state index in [0.717, 1.165) is 6.42 Å². The van der Waals surface area contributed by atoms with Crippen molar-refractivity contribution in [2.45, 2.75) is 64.6 Å². The van der Waals surface area contributed by atoms with Crippen LogP contribution >= 0.6 is 0 Å². The van der Waals surface area contributed by atoms with Gasteiger partial charge in [-0.25, -0.2) is 9.18 Å². The zero-order chi connectivity index (χ0) is 13.3. The first-order valence-electron chi connectivity index (χ1n) is 6.32. The molecule has 1 atom stereocenters. The van der Waals surface area contributed by atoms with Crippen LogP contribution in [0.25, 0.3) is 0 Å². The number of aliphatic hydroxyl groups is 1. The normalized spacial score (nSPS) is 32.2. The Morgan fingerprint density at radius 1 is 1.47 bits per heavy atom. The highest BCUT2D eigenvalue weighted by molar-refractivity contribution is 5.73. The molecule has 0 aliphatic heterocycles. The maximum atomic E-state index is 13.5. The molecule has 2 N–H and O–H groups in total. The molecule has 0 radical (unpaired) electrons. The summed E-state index contributed by atoms with van der Waals surface area (Å²) in [7, 11) is 0. The monoisotopic (exact) mass is 246 g/mol. The van der Waals surface area contributed by atoms with Crippen molar-refractivity contribution < 1.29 is 19.4 Å². The Bertz CT molecular complexity index is 280. The number of hydrogen-bond acceptors (Lipinski definition) is 2. The van der Waals surface area contributed by atoms with E-state index in [9.17, 15) is 14.3 Å². The minimum absolute atomic E-state index is 0.177. The predicted octanol–water partition coefficient (Wildman–Crippen LogP) is 2.77. The summed E-state index contributed by atoms with van der Waals surface area (Å²) in [6.45, 7) is 6.47. The standard InChI is InChI=1S/C13H23FO3/c1-4-12(2,3)9-5-7-13(17,8-6-9)10(14)11(15)16/h9-10,17H,4-8H2,1-3H3,(H,15,16). The molecule has 0 heterocycles. The van der Waals surface area contributed by atoms with Crippen molar-refractivity contribution in [3.63, 3.8) is 0 Å². The van der Waals surface area contributed by atoms with Crippen LogP contribution in [0.15, 0.2) is 0 Å². The summed E-state index contributed by atoms with van der Waals surface area (Å²) in [5.41, 5.74) is -1.48. The largest absolute Gasteiger partial charge is 0.479 e. The fourth-order valence-electron chi connectivity index (χ4n) is 2.67. The maximum absolute atomic E-state index is 13.5. The SMILES string of the molecule is CCC(C)(C)C1CCC(O)(C(F)C(=O)O)CC1. The molecular weight excluding hydrogens is 223 g/mol. The van der Waals surface area contributed by atoms with E-state index in [1.165, 1.54) is 0 Å². The second-order valence-electron chi connectivity index (χ2n) is 5.92. The van der Waals surface area contributed by atoms with E-state index in [1.807, 2.05) is 0 Å². The number of carboxylic acid groups (broad SMARTS) is 1. The lowest BCUT2D eigenvalue weighted by Gasteiger charge is -2.42. The van der Waals surface area contributed by atoms with E-state index >= 15 is 0 Å². The van der Waals surface area contributed by atoms with Gasteiger partial charge in [-0.2, -0.15) is 0 Å². The van der Waals surface area contributed by atoms with Gasteiger partial charge >= 0.3 is 5.97 Å². The van der Waals surface area contributed by atoms with Crippen LogP contribution in [-0.2, 0) is 4.79 Å². The zero-order valence-electron chi connectivity index (χ0n) is 10.9. The van der Waals surface area contributed by atoms with Crippen LogP contribution in [-0.4, -0.2) is 28.0 Å². The molecule has 0 amide bonds. The molecule has 4 heteroatoms. The van der Waals surface area contributed by atoms with Gasteiger partial charge in [0.2, 0.25) is 6.17 Å². The van der Waals surface area contributed by atoms with Gasteiger partial charge in [0.25, 0.3) is 0 Å². The van der Waals surface area contributed by atoms with Gasteiger partial charge < -0.3 is 10.2 Å². The van der Waals surface area contributed by atoms with Crippen LogP contribution < -0.4 is 0 Å². The summed E-state index contributed by atoms with van der Waals surface area (Å²) in [6.07, 6.45) is 0.765. The third-order valence-electron chi connectivity index (χ3n) is 4.56.